The molecule has 1 saturated heterocycles. The van der Waals surface area contributed by atoms with Crippen LogP contribution in [-0.4, -0.2) is 30.0 Å². The van der Waals surface area contributed by atoms with Crippen molar-refractivity contribution in [3.63, 3.8) is 0 Å². The van der Waals surface area contributed by atoms with Crippen molar-refractivity contribution in [2.75, 3.05) is 18.0 Å². The van der Waals surface area contributed by atoms with Gasteiger partial charge in [-0.05, 0) is 37.8 Å². The van der Waals surface area contributed by atoms with Crippen molar-refractivity contribution in [3.05, 3.63) is 24.0 Å². The van der Waals surface area contributed by atoms with Gasteiger partial charge in [-0.25, -0.2) is 4.98 Å². The van der Waals surface area contributed by atoms with Gasteiger partial charge in [0, 0.05) is 19.1 Å². The Balaban J connectivity index is 1.64. The van der Waals surface area contributed by atoms with Gasteiger partial charge in [0.1, 0.15) is 5.69 Å². The summed E-state index contributed by atoms with van der Waals surface area (Å²) in [6.07, 6.45) is 0.583. The molecule has 0 radical (unpaired) electrons. The van der Waals surface area contributed by atoms with Crippen LogP contribution >= 0.6 is 0 Å². The standard InChI is InChI=1S/C15H18F3N3O/c16-15(17,18)13-6-5-12(8-19-13)21-7-1-2-10(9-21)14(22)20-11-3-4-11/h5-6,8,10-11H,1-4,7,9H2,(H,20,22). The molecule has 1 aromatic rings. The molecule has 1 saturated carbocycles. The van der Waals surface area contributed by atoms with E-state index in [4.69, 9.17) is 0 Å². The summed E-state index contributed by atoms with van der Waals surface area (Å²) >= 11 is 0. The van der Waals surface area contributed by atoms with Gasteiger partial charge < -0.3 is 10.2 Å². The second-order valence-electron chi connectivity index (χ2n) is 5.97. The minimum atomic E-state index is -4.42. The lowest BCUT2D eigenvalue weighted by Crippen LogP contribution is -2.43. The SMILES string of the molecule is O=C(NC1CC1)C1CCCN(c2ccc(C(F)(F)F)nc2)C1. The Kier molecular flexibility index (Phi) is 3.97. The Hall–Kier alpha value is -1.79. The molecule has 0 aromatic carbocycles. The number of carbonyl (C=O) groups is 1. The molecule has 1 aromatic heterocycles. The number of hydrogen-bond acceptors (Lipinski definition) is 3. The first-order chi connectivity index (χ1) is 10.4. The molecule has 1 amide bonds. The Bertz CT molecular complexity index is 540. The lowest BCUT2D eigenvalue weighted by atomic mass is 9.96. The van der Waals surface area contributed by atoms with E-state index in [0.717, 1.165) is 38.3 Å². The molecule has 7 heteroatoms. The van der Waals surface area contributed by atoms with Crippen LogP contribution in [0.2, 0.25) is 0 Å². The van der Waals surface area contributed by atoms with Crippen LogP contribution in [0, 0.1) is 5.92 Å². The zero-order valence-corrected chi connectivity index (χ0v) is 12.1. The van der Waals surface area contributed by atoms with Gasteiger partial charge in [0.05, 0.1) is 17.8 Å². The molecular formula is C15H18F3N3O. The molecule has 4 nitrogen and oxygen atoms in total. The van der Waals surface area contributed by atoms with Crippen LogP contribution < -0.4 is 10.2 Å². The van der Waals surface area contributed by atoms with Crippen molar-refractivity contribution in [1.29, 1.82) is 0 Å². The van der Waals surface area contributed by atoms with Crippen molar-refractivity contribution in [1.82, 2.24) is 10.3 Å². The fraction of sp³-hybridized carbons (Fsp3) is 0.600. The third-order valence-electron chi connectivity index (χ3n) is 4.12. The highest BCUT2D eigenvalue weighted by Crippen LogP contribution is 2.30. The maximum absolute atomic E-state index is 12.5. The van der Waals surface area contributed by atoms with Gasteiger partial charge in [-0.3, -0.25) is 4.79 Å². The second-order valence-corrected chi connectivity index (χ2v) is 5.97. The molecule has 1 unspecified atom stereocenters. The van der Waals surface area contributed by atoms with E-state index in [0.29, 0.717) is 18.3 Å². The number of nitrogens with one attached hydrogen (secondary N) is 1. The molecule has 3 rings (SSSR count). The highest BCUT2D eigenvalue weighted by atomic mass is 19.4. The zero-order chi connectivity index (χ0) is 15.7. The van der Waals surface area contributed by atoms with E-state index < -0.39 is 11.9 Å². The smallest absolute Gasteiger partial charge is 0.369 e. The maximum atomic E-state index is 12.5. The van der Waals surface area contributed by atoms with Crippen molar-refractivity contribution in [2.45, 2.75) is 37.9 Å². The van der Waals surface area contributed by atoms with Crippen LogP contribution in [0.15, 0.2) is 18.3 Å². The number of halogens is 3. The lowest BCUT2D eigenvalue weighted by Gasteiger charge is -2.33. The molecule has 0 spiro atoms. The Morgan fingerprint density at radius 1 is 1.27 bits per heavy atom. The van der Waals surface area contributed by atoms with Crippen LogP contribution in [0.5, 0.6) is 0 Å². The summed E-state index contributed by atoms with van der Waals surface area (Å²) in [5.41, 5.74) is -0.256. The minimum absolute atomic E-state index is 0.0621. The monoisotopic (exact) mass is 313 g/mol. The molecule has 2 fully saturated rings. The summed E-state index contributed by atoms with van der Waals surface area (Å²) in [7, 11) is 0. The van der Waals surface area contributed by atoms with Crippen LogP contribution in [0.3, 0.4) is 0 Å². The van der Waals surface area contributed by atoms with E-state index in [1.54, 1.807) is 0 Å². The van der Waals surface area contributed by atoms with Gasteiger partial charge in [-0.1, -0.05) is 0 Å². The van der Waals surface area contributed by atoms with E-state index in [9.17, 15) is 18.0 Å². The van der Waals surface area contributed by atoms with Gasteiger partial charge >= 0.3 is 6.18 Å². The first-order valence-electron chi connectivity index (χ1n) is 7.52. The number of hydrogen-bond donors (Lipinski definition) is 1. The molecule has 2 aliphatic rings. The second kappa shape index (κ2) is 5.78. The quantitative estimate of drug-likeness (QED) is 0.933. The molecule has 1 N–H and O–H groups in total. The average molecular weight is 313 g/mol. The van der Waals surface area contributed by atoms with Crippen LogP contribution in [0.25, 0.3) is 0 Å². The predicted octanol–water partition coefficient (Wildman–Crippen LogP) is 2.60. The summed E-state index contributed by atoms with van der Waals surface area (Å²) in [6, 6.07) is 2.75. The number of alkyl halides is 3. The number of nitrogens with zero attached hydrogens (tertiary/aromatic N) is 2. The highest BCUT2D eigenvalue weighted by molar-refractivity contribution is 5.80. The summed E-state index contributed by atoms with van der Waals surface area (Å²) in [5.74, 6) is -0.0382. The Labute approximate surface area is 126 Å². The predicted molar refractivity (Wildman–Crippen MR) is 75.3 cm³/mol. The van der Waals surface area contributed by atoms with Crippen LogP contribution in [0.1, 0.15) is 31.4 Å². The van der Waals surface area contributed by atoms with Gasteiger partial charge in [0.25, 0.3) is 0 Å². The summed E-state index contributed by atoms with van der Waals surface area (Å²) in [6.45, 7) is 1.27. The highest BCUT2D eigenvalue weighted by Gasteiger charge is 2.33. The molecular weight excluding hydrogens is 295 g/mol. The first-order valence-corrected chi connectivity index (χ1v) is 7.52. The van der Waals surface area contributed by atoms with Gasteiger partial charge in [-0.2, -0.15) is 13.2 Å². The number of amides is 1. The topological polar surface area (TPSA) is 45.2 Å². The largest absolute Gasteiger partial charge is 0.433 e. The number of aromatic nitrogens is 1. The first kappa shape index (κ1) is 15.1. The molecule has 1 aliphatic heterocycles. The number of carbonyl (C=O) groups excluding carboxylic acids is 1. The zero-order valence-electron chi connectivity index (χ0n) is 12.1. The van der Waals surface area contributed by atoms with Gasteiger partial charge in [0.15, 0.2) is 0 Å². The number of anilines is 1. The third kappa shape index (κ3) is 3.51. The van der Waals surface area contributed by atoms with E-state index in [1.165, 1.54) is 12.3 Å². The summed E-state index contributed by atoms with van der Waals surface area (Å²) in [5, 5.41) is 2.99. The van der Waals surface area contributed by atoms with Crippen molar-refractivity contribution in [3.8, 4) is 0 Å². The maximum Gasteiger partial charge on any atom is 0.433 e. The fourth-order valence-corrected chi connectivity index (χ4v) is 2.71. The van der Waals surface area contributed by atoms with E-state index in [-0.39, 0.29) is 11.8 Å². The lowest BCUT2D eigenvalue weighted by molar-refractivity contribution is -0.141. The third-order valence-corrected chi connectivity index (χ3v) is 4.12. The number of rotatable bonds is 3. The van der Waals surface area contributed by atoms with Crippen LogP contribution in [0.4, 0.5) is 18.9 Å². The normalized spacial score (nSPS) is 22.5. The average Bonchev–Trinajstić information content (AvgIpc) is 3.30. The molecule has 2 heterocycles. The van der Waals surface area contributed by atoms with Gasteiger partial charge in [-0.15, -0.1) is 0 Å². The Morgan fingerprint density at radius 3 is 2.64 bits per heavy atom. The molecule has 22 heavy (non-hydrogen) atoms. The molecule has 1 aliphatic carbocycles. The van der Waals surface area contributed by atoms with E-state index >= 15 is 0 Å². The van der Waals surface area contributed by atoms with Crippen molar-refractivity contribution >= 4 is 11.6 Å². The Morgan fingerprint density at radius 2 is 2.05 bits per heavy atom. The van der Waals surface area contributed by atoms with Gasteiger partial charge in [0.2, 0.25) is 5.91 Å². The molecule has 120 valence electrons. The van der Waals surface area contributed by atoms with E-state index in [1.807, 2.05) is 4.90 Å². The number of piperidine rings is 1. The fourth-order valence-electron chi connectivity index (χ4n) is 2.71. The van der Waals surface area contributed by atoms with Crippen molar-refractivity contribution < 1.29 is 18.0 Å². The minimum Gasteiger partial charge on any atom is -0.369 e. The van der Waals surface area contributed by atoms with Crippen molar-refractivity contribution in [2.24, 2.45) is 5.92 Å². The molecule has 1 atom stereocenters. The molecule has 0 bridgehead atoms. The van der Waals surface area contributed by atoms with E-state index in [2.05, 4.69) is 10.3 Å². The number of pyridine rings is 1. The summed E-state index contributed by atoms with van der Waals surface area (Å²) in [4.78, 5) is 17.5. The summed E-state index contributed by atoms with van der Waals surface area (Å²) < 4.78 is 37.6. The van der Waals surface area contributed by atoms with Crippen LogP contribution in [-0.2, 0) is 11.0 Å².